The van der Waals surface area contributed by atoms with Crippen LogP contribution in [-0.2, 0) is 11.3 Å². The molecule has 1 aliphatic heterocycles. The first-order valence-corrected chi connectivity index (χ1v) is 10.2. The van der Waals surface area contributed by atoms with E-state index in [4.69, 9.17) is 4.74 Å². The summed E-state index contributed by atoms with van der Waals surface area (Å²) in [6.07, 6.45) is 3.96. The lowest BCUT2D eigenvalue weighted by atomic mass is 10.1. The summed E-state index contributed by atoms with van der Waals surface area (Å²) in [5, 5.41) is 9.40. The van der Waals surface area contributed by atoms with Gasteiger partial charge in [-0.3, -0.25) is 4.99 Å². The number of alkyl carbamates (subject to hydrolysis) is 1. The number of aromatic nitrogens is 1. The van der Waals surface area contributed by atoms with E-state index in [2.05, 4.69) is 43.0 Å². The molecule has 1 aliphatic rings. The number of guanidine groups is 1. The minimum atomic E-state index is -0.524. The Morgan fingerprint density at radius 2 is 1.83 bits per heavy atom. The second-order valence-electron chi connectivity index (χ2n) is 9.01. The molecule has 0 aliphatic carbocycles. The normalized spacial score (nSPS) is 14.7. The molecule has 0 atom stereocenters. The Morgan fingerprint density at radius 1 is 1.17 bits per heavy atom. The molecule has 0 saturated carbocycles. The number of carbonyl (C=O) groups excluding carboxylic acids is 1. The van der Waals surface area contributed by atoms with Crippen molar-refractivity contribution in [3.05, 3.63) is 23.9 Å². The molecule has 1 aromatic rings. The molecular formula is C21H37IN6O2. The van der Waals surface area contributed by atoms with Crippen LogP contribution < -0.4 is 20.9 Å². The Kier molecular flexibility index (Phi) is 10.1. The number of rotatable bonds is 6. The van der Waals surface area contributed by atoms with E-state index >= 15 is 0 Å². The van der Waals surface area contributed by atoms with Crippen molar-refractivity contribution in [2.24, 2.45) is 4.99 Å². The van der Waals surface area contributed by atoms with Crippen molar-refractivity contribution < 1.29 is 9.53 Å². The van der Waals surface area contributed by atoms with Crippen LogP contribution in [0.4, 0.5) is 10.6 Å². The van der Waals surface area contributed by atoms with E-state index < -0.39 is 17.2 Å². The van der Waals surface area contributed by atoms with Gasteiger partial charge in [0.15, 0.2) is 5.96 Å². The summed E-state index contributed by atoms with van der Waals surface area (Å²) in [7, 11) is 1.72. The zero-order valence-corrected chi connectivity index (χ0v) is 21.4. The number of amides is 1. The van der Waals surface area contributed by atoms with Crippen LogP contribution in [0.5, 0.6) is 0 Å². The number of aliphatic imine (C=N–C) groups is 1. The van der Waals surface area contributed by atoms with Gasteiger partial charge in [0.2, 0.25) is 0 Å². The Labute approximate surface area is 197 Å². The molecule has 0 radical (unpaired) electrons. The van der Waals surface area contributed by atoms with Gasteiger partial charge in [-0.15, -0.1) is 24.0 Å². The number of anilines is 1. The molecule has 0 aromatic carbocycles. The van der Waals surface area contributed by atoms with Crippen LogP contribution in [0.2, 0.25) is 0 Å². The maximum absolute atomic E-state index is 12.0. The van der Waals surface area contributed by atoms with Gasteiger partial charge in [-0.25, -0.2) is 9.78 Å². The summed E-state index contributed by atoms with van der Waals surface area (Å²) >= 11 is 0. The summed E-state index contributed by atoms with van der Waals surface area (Å²) in [4.78, 5) is 23.1. The Bertz CT molecular complexity index is 694. The SMILES string of the molecule is CN=C(NCc1ccc(N2CCCC2)nc1)NCC(C)(C)NC(=O)OC(C)(C)C.I. The number of nitrogens with zero attached hydrogens (tertiary/aromatic N) is 3. The number of hydrogen-bond acceptors (Lipinski definition) is 5. The highest BCUT2D eigenvalue weighted by atomic mass is 127. The second-order valence-corrected chi connectivity index (χ2v) is 9.01. The van der Waals surface area contributed by atoms with Crippen LogP contribution in [-0.4, -0.2) is 54.9 Å². The number of hydrogen-bond donors (Lipinski definition) is 3. The monoisotopic (exact) mass is 532 g/mol. The van der Waals surface area contributed by atoms with Gasteiger partial charge >= 0.3 is 6.09 Å². The van der Waals surface area contributed by atoms with Crippen molar-refractivity contribution in [1.82, 2.24) is 20.9 Å². The van der Waals surface area contributed by atoms with E-state index in [1.807, 2.05) is 40.8 Å². The molecule has 8 nitrogen and oxygen atoms in total. The molecule has 1 aromatic heterocycles. The van der Waals surface area contributed by atoms with E-state index in [0.29, 0.717) is 19.0 Å². The number of ether oxygens (including phenoxy) is 1. The Balaban J connectivity index is 0.00000450. The Hall–Kier alpha value is -1.78. The largest absolute Gasteiger partial charge is 0.444 e. The molecule has 9 heteroatoms. The number of halogens is 1. The summed E-state index contributed by atoms with van der Waals surface area (Å²) in [6, 6.07) is 4.17. The molecule has 3 N–H and O–H groups in total. The average molecular weight is 532 g/mol. The van der Waals surface area contributed by atoms with Crippen molar-refractivity contribution in [2.45, 2.75) is 65.1 Å². The topological polar surface area (TPSA) is 90.9 Å². The van der Waals surface area contributed by atoms with Crippen molar-refractivity contribution >= 4 is 41.8 Å². The van der Waals surface area contributed by atoms with Crippen molar-refractivity contribution in [1.29, 1.82) is 0 Å². The molecule has 1 saturated heterocycles. The van der Waals surface area contributed by atoms with Crippen LogP contribution in [0.15, 0.2) is 23.3 Å². The summed E-state index contributed by atoms with van der Waals surface area (Å²) in [6.45, 7) is 12.7. The van der Waals surface area contributed by atoms with Gasteiger partial charge in [-0.05, 0) is 59.1 Å². The molecular weight excluding hydrogens is 495 g/mol. The minimum Gasteiger partial charge on any atom is -0.444 e. The van der Waals surface area contributed by atoms with Gasteiger partial charge in [0.25, 0.3) is 0 Å². The van der Waals surface area contributed by atoms with E-state index in [1.165, 1.54) is 12.8 Å². The lowest BCUT2D eigenvalue weighted by Crippen LogP contribution is -2.54. The second kappa shape index (κ2) is 11.6. The average Bonchev–Trinajstić information content (AvgIpc) is 3.14. The smallest absolute Gasteiger partial charge is 0.408 e. The first-order chi connectivity index (χ1) is 13.6. The van der Waals surface area contributed by atoms with Gasteiger partial charge < -0.3 is 25.6 Å². The molecule has 1 fully saturated rings. The van der Waals surface area contributed by atoms with E-state index in [1.54, 1.807) is 7.05 Å². The van der Waals surface area contributed by atoms with Crippen LogP contribution in [0.3, 0.4) is 0 Å². The Morgan fingerprint density at radius 3 is 2.37 bits per heavy atom. The van der Waals surface area contributed by atoms with Crippen LogP contribution in [0, 0.1) is 0 Å². The fraction of sp³-hybridized carbons (Fsp3) is 0.667. The highest BCUT2D eigenvalue weighted by Crippen LogP contribution is 2.17. The first kappa shape index (κ1) is 26.3. The molecule has 2 heterocycles. The number of nitrogens with one attached hydrogen (secondary N) is 3. The first-order valence-electron chi connectivity index (χ1n) is 10.2. The van der Waals surface area contributed by atoms with Gasteiger partial charge in [-0.2, -0.15) is 0 Å². The van der Waals surface area contributed by atoms with Crippen LogP contribution in [0.25, 0.3) is 0 Å². The zero-order chi connectivity index (χ0) is 21.5. The van der Waals surface area contributed by atoms with E-state index in [-0.39, 0.29) is 24.0 Å². The van der Waals surface area contributed by atoms with E-state index in [9.17, 15) is 4.79 Å². The van der Waals surface area contributed by atoms with Crippen molar-refractivity contribution in [2.75, 3.05) is 31.6 Å². The third kappa shape index (κ3) is 9.36. The third-order valence-electron chi connectivity index (χ3n) is 4.46. The van der Waals surface area contributed by atoms with Gasteiger partial charge in [0, 0.05) is 39.4 Å². The van der Waals surface area contributed by atoms with Gasteiger partial charge in [0.05, 0.1) is 5.54 Å². The fourth-order valence-corrected chi connectivity index (χ4v) is 2.99. The minimum absolute atomic E-state index is 0. The van der Waals surface area contributed by atoms with Crippen LogP contribution in [0.1, 0.15) is 53.0 Å². The molecule has 170 valence electrons. The molecule has 0 unspecified atom stereocenters. The molecule has 2 rings (SSSR count). The van der Waals surface area contributed by atoms with Crippen LogP contribution >= 0.6 is 24.0 Å². The predicted molar refractivity (Wildman–Crippen MR) is 133 cm³/mol. The van der Waals surface area contributed by atoms with Gasteiger partial charge in [0.1, 0.15) is 11.4 Å². The fourth-order valence-electron chi connectivity index (χ4n) is 2.99. The third-order valence-corrected chi connectivity index (χ3v) is 4.46. The summed E-state index contributed by atoms with van der Waals surface area (Å²) < 4.78 is 5.32. The summed E-state index contributed by atoms with van der Waals surface area (Å²) in [5.41, 5.74) is 0.0599. The molecule has 0 spiro atoms. The number of carbonyl (C=O) groups is 1. The predicted octanol–water partition coefficient (Wildman–Crippen LogP) is 3.27. The molecule has 1 amide bonds. The molecule has 0 bridgehead atoms. The number of pyridine rings is 1. The van der Waals surface area contributed by atoms with E-state index in [0.717, 1.165) is 24.5 Å². The quantitative estimate of drug-likeness (QED) is 0.296. The lowest BCUT2D eigenvalue weighted by Gasteiger charge is -2.29. The highest BCUT2D eigenvalue weighted by molar-refractivity contribution is 14.0. The zero-order valence-electron chi connectivity index (χ0n) is 19.0. The molecule has 30 heavy (non-hydrogen) atoms. The lowest BCUT2D eigenvalue weighted by molar-refractivity contribution is 0.0474. The highest BCUT2D eigenvalue weighted by Gasteiger charge is 2.24. The van der Waals surface area contributed by atoms with Crippen molar-refractivity contribution in [3.63, 3.8) is 0 Å². The maximum atomic E-state index is 12.0. The van der Waals surface area contributed by atoms with Crippen molar-refractivity contribution in [3.8, 4) is 0 Å². The van der Waals surface area contributed by atoms with Gasteiger partial charge in [-0.1, -0.05) is 6.07 Å². The summed E-state index contributed by atoms with van der Waals surface area (Å²) in [5.74, 6) is 1.71. The standard InChI is InChI=1S/C21H36N6O2.HI/c1-20(2,3)29-19(28)26-21(4,5)15-25-18(22-6)24-14-16-9-10-17(23-13-16)27-11-7-8-12-27;/h9-10,13H,7-8,11-12,14-15H2,1-6H3,(H,26,28)(H2,22,24,25);1H. The maximum Gasteiger partial charge on any atom is 0.408 e.